The van der Waals surface area contributed by atoms with Crippen LogP contribution in [0.2, 0.25) is 0 Å². The Bertz CT molecular complexity index is 452. The highest BCUT2D eigenvalue weighted by Gasteiger charge is 2.20. The molecule has 1 aliphatic rings. The second-order valence-corrected chi connectivity index (χ2v) is 4.39. The first kappa shape index (κ1) is 12.8. The number of carbonyl (C=O) groups is 1. The van der Waals surface area contributed by atoms with Gasteiger partial charge in [-0.25, -0.2) is 4.98 Å². The largest absolute Gasteiger partial charge is 0.365 e. The molecular weight excluding hydrogens is 235 g/mol. The zero-order valence-corrected chi connectivity index (χ0v) is 10.5. The lowest BCUT2D eigenvalue weighted by molar-refractivity contribution is 0.0957. The Morgan fingerprint density at radius 2 is 2.39 bits per heavy atom. The summed E-state index contributed by atoms with van der Waals surface area (Å²) in [6.07, 6.45) is 0. The predicted molar refractivity (Wildman–Crippen MR) is 67.3 cm³/mol. The summed E-state index contributed by atoms with van der Waals surface area (Å²) in [4.78, 5) is 17.0. The van der Waals surface area contributed by atoms with Crippen molar-refractivity contribution >= 4 is 11.6 Å². The smallest absolute Gasteiger partial charge is 0.269 e. The van der Waals surface area contributed by atoms with Gasteiger partial charge in [0.05, 0.1) is 5.69 Å². The van der Waals surface area contributed by atoms with Gasteiger partial charge in [-0.3, -0.25) is 4.79 Å². The second kappa shape index (κ2) is 5.30. The van der Waals surface area contributed by atoms with Crippen molar-refractivity contribution in [2.24, 2.45) is 0 Å². The SMILES string of the molecule is CNC(=O)c1ccc(N2CCN[C@H](C)C2)c(F)n1. The van der Waals surface area contributed by atoms with Crippen molar-refractivity contribution in [3.63, 3.8) is 0 Å². The van der Waals surface area contributed by atoms with E-state index in [0.717, 1.165) is 19.6 Å². The van der Waals surface area contributed by atoms with Crippen molar-refractivity contribution in [2.45, 2.75) is 13.0 Å². The van der Waals surface area contributed by atoms with Crippen LogP contribution in [0.4, 0.5) is 10.1 Å². The molecule has 1 saturated heterocycles. The third-order valence-electron chi connectivity index (χ3n) is 3.00. The summed E-state index contributed by atoms with van der Waals surface area (Å²) >= 11 is 0. The minimum atomic E-state index is -0.592. The summed E-state index contributed by atoms with van der Waals surface area (Å²) in [6.45, 7) is 4.34. The standard InChI is InChI=1S/C12H17FN4O/c1-8-7-17(6-5-15-8)10-4-3-9(12(18)14-2)16-11(10)13/h3-4,8,15H,5-7H2,1-2H3,(H,14,18)/t8-/m1/s1. The lowest BCUT2D eigenvalue weighted by Crippen LogP contribution is -2.49. The Balaban J connectivity index is 2.21. The molecule has 0 bridgehead atoms. The lowest BCUT2D eigenvalue weighted by Gasteiger charge is -2.33. The number of pyridine rings is 1. The number of carbonyl (C=O) groups excluding carboxylic acids is 1. The van der Waals surface area contributed by atoms with Crippen LogP contribution in [0.25, 0.3) is 0 Å². The van der Waals surface area contributed by atoms with E-state index in [0.29, 0.717) is 11.7 Å². The van der Waals surface area contributed by atoms with Gasteiger partial charge in [-0.05, 0) is 19.1 Å². The molecule has 0 spiro atoms. The van der Waals surface area contributed by atoms with Crippen molar-refractivity contribution in [1.82, 2.24) is 15.6 Å². The molecule has 0 aliphatic carbocycles. The third-order valence-corrected chi connectivity index (χ3v) is 3.00. The first-order valence-corrected chi connectivity index (χ1v) is 5.98. The maximum absolute atomic E-state index is 13.9. The van der Waals surface area contributed by atoms with E-state index in [9.17, 15) is 9.18 Å². The molecule has 1 aromatic rings. The number of hydrogen-bond acceptors (Lipinski definition) is 4. The van der Waals surface area contributed by atoms with Crippen LogP contribution in [0.15, 0.2) is 12.1 Å². The maximum atomic E-state index is 13.9. The summed E-state index contributed by atoms with van der Waals surface area (Å²) in [6, 6.07) is 3.48. The predicted octanol–water partition coefficient (Wildman–Crippen LogP) is 0.378. The molecular formula is C12H17FN4O. The quantitative estimate of drug-likeness (QED) is 0.747. The van der Waals surface area contributed by atoms with Crippen LogP contribution >= 0.6 is 0 Å². The Hall–Kier alpha value is -1.69. The molecule has 6 heteroatoms. The molecule has 1 atom stereocenters. The molecule has 2 rings (SSSR count). The van der Waals surface area contributed by atoms with Gasteiger partial charge in [-0.15, -0.1) is 0 Å². The van der Waals surface area contributed by atoms with Crippen molar-refractivity contribution < 1.29 is 9.18 Å². The highest BCUT2D eigenvalue weighted by molar-refractivity contribution is 5.92. The summed E-state index contributed by atoms with van der Waals surface area (Å²) in [5.74, 6) is -0.973. The van der Waals surface area contributed by atoms with E-state index < -0.39 is 5.95 Å². The molecule has 1 aromatic heterocycles. The Labute approximate surface area is 105 Å². The van der Waals surface area contributed by atoms with Crippen LogP contribution in [0, 0.1) is 5.95 Å². The zero-order valence-electron chi connectivity index (χ0n) is 10.5. The minimum absolute atomic E-state index is 0.0990. The number of nitrogens with one attached hydrogen (secondary N) is 2. The van der Waals surface area contributed by atoms with Gasteiger partial charge in [-0.1, -0.05) is 0 Å². The van der Waals surface area contributed by atoms with Gasteiger partial charge >= 0.3 is 0 Å². The molecule has 1 amide bonds. The fraction of sp³-hybridized carbons (Fsp3) is 0.500. The monoisotopic (exact) mass is 252 g/mol. The molecule has 0 aromatic carbocycles. The fourth-order valence-corrected chi connectivity index (χ4v) is 2.07. The van der Waals surface area contributed by atoms with Gasteiger partial charge in [0.1, 0.15) is 5.69 Å². The first-order chi connectivity index (χ1) is 8.61. The first-order valence-electron chi connectivity index (χ1n) is 5.98. The van der Waals surface area contributed by atoms with Crippen LogP contribution < -0.4 is 15.5 Å². The van der Waals surface area contributed by atoms with Crippen LogP contribution in [0.1, 0.15) is 17.4 Å². The molecule has 1 aliphatic heterocycles. The topological polar surface area (TPSA) is 57.3 Å². The molecule has 2 N–H and O–H groups in total. The van der Waals surface area contributed by atoms with E-state index >= 15 is 0 Å². The lowest BCUT2D eigenvalue weighted by atomic mass is 10.2. The van der Waals surface area contributed by atoms with Crippen molar-refractivity contribution in [2.75, 3.05) is 31.6 Å². The van der Waals surface area contributed by atoms with Crippen LogP contribution in [0.5, 0.6) is 0 Å². The third kappa shape index (κ3) is 2.59. The molecule has 0 radical (unpaired) electrons. The number of hydrogen-bond donors (Lipinski definition) is 2. The molecule has 5 nitrogen and oxygen atoms in total. The maximum Gasteiger partial charge on any atom is 0.269 e. The van der Waals surface area contributed by atoms with Gasteiger partial charge in [0.15, 0.2) is 0 Å². The fourth-order valence-electron chi connectivity index (χ4n) is 2.07. The highest BCUT2D eigenvalue weighted by Crippen LogP contribution is 2.19. The molecule has 98 valence electrons. The Morgan fingerprint density at radius 3 is 3.00 bits per heavy atom. The number of nitrogens with zero attached hydrogens (tertiary/aromatic N) is 2. The van der Waals surface area contributed by atoms with Gasteiger partial charge in [0, 0.05) is 32.7 Å². The summed E-state index contributed by atoms with van der Waals surface area (Å²) in [5, 5.41) is 5.71. The van der Waals surface area contributed by atoms with Crippen LogP contribution in [-0.2, 0) is 0 Å². The van der Waals surface area contributed by atoms with Gasteiger partial charge < -0.3 is 15.5 Å². The number of piperazine rings is 1. The van der Waals surface area contributed by atoms with E-state index in [1.165, 1.54) is 7.05 Å². The number of aromatic nitrogens is 1. The van der Waals surface area contributed by atoms with Crippen LogP contribution in [0.3, 0.4) is 0 Å². The average molecular weight is 252 g/mol. The number of halogens is 1. The van der Waals surface area contributed by atoms with E-state index in [1.54, 1.807) is 12.1 Å². The van der Waals surface area contributed by atoms with E-state index in [-0.39, 0.29) is 11.6 Å². The zero-order chi connectivity index (χ0) is 13.1. The van der Waals surface area contributed by atoms with Crippen molar-refractivity contribution in [3.05, 3.63) is 23.8 Å². The van der Waals surface area contributed by atoms with Gasteiger partial charge in [0.25, 0.3) is 5.91 Å². The van der Waals surface area contributed by atoms with E-state index in [4.69, 9.17) is 0 Å². The van der Waals surface area contributed by atoms with E-state index in [2.05, 4.69) is 22.5 Å². The van der Waals surface area contributed by atoms with Gasteiger partial charge in [-0.2, -0.15) is 4.39 Å². The molecule has 0 saturated carbocycles. The Kier molecular flexibility index (Phi) is 3.76. The molecule has 1 fully saturated rings. The normalized spacial score (nSPS) is 19.7. The summed E-state index contributed by atoms with van der Waals surface area (Å²) in [5.41, 5.74) is 0.554. The average Bonchev–Trinajstić information content (AvgIpc) is 2.37. The summed E-state index contributed by atoms with van der Waals surface area (Å²) < 4.78 is 13.9. The van der Waals surface area contributed by atoms with E-state index in [1.807, 2.05) is 4.90 Å². The van der Waals surface area contributed by atoms with Crippen LogP contribution in [-0.4, -0.2) is 43.6 Å². The van der Waals surface area contributed by atoms with Gasteiger partial charge in [0.2, 0.25) is 5.95 Å². The molecule has 18 heavy (non-hydrogen) atoms. The molecule has 2 heterocycles. The van der Waals surface area contributed by atoms with Crippen molar-refractivity contribution in [3.8, 4) is 0 Å². The number of anilines is 1. The number of rotatable bonds is 2. The summed E-state index contributed by atoms with van der Waals surface area (Å²) in [7, 11) is 1.49. The van der Waals surface area contributed by atoms with Crippen molar-refractivity contribution in [1.29, 1.82) is 0 Å². The molecule has 0 unspecified atom stereocenters. The number of amides is 1. The Morgan fingerprint density at radius 1 is 1.61 bits per heavy atom. The second-order valence-electron chi connectivity index (χ2n) is 4.39. The highest BCUT2D eigenvalue weighted by atomic mass is 19.1. The minimum Gasteiger partial charge on any atom is -0.365 e.